The van der Waals surface area contributed by atoms with Gasteiger partial charge < -0.3 is 14.8 Å². The number of thioether (sulfide) groups is 1. The number of amides is 1. The third kappa shape index (κ3) is 7.30. The Morgan fingerprint density at radius 2 is 1.71 bits per heavy atom. The molecule has 0 aromatic heterocycles. The Labute approximate surface area is 215 Å². The molecule has 186 valence electrons. The molecule has 3 aromatic rings. The lowest BCUT2D eigenvalue weighted by Gasteiger charge is -2.26. The average Bonchev–Trinajstić information content (AvgIpc) is 2.88. The topological polar surface area (TPSA) is 84.9 Å². The predicted octanol–water partition coefficient (Wildman–Crippen LogP) is 4.60. The number of sulfonamides is 1. The normalized spacial score (nSPS) is 11.1. The summed E-state index contributed by atoms with van der Waals surface area (Å²) in [5, 5.41) is 3.50. The average molecular weight is 535 g/mol. The highest BCUT2D eigenvalue weighted by atomic mass is 35.5. The Kier molecular flexibility index (Phi) is 9.71. The zero-order chi connectivity index (χ0) is 25.3. The van der Waals surface area contributed by atoms with Gasteiger partial charge in [-0.2, -0.15) is 11.8 Å². The summed E-state index contributed by atoms with van der Waals surface area (Å²) in [6.07, 6.45) is 0. The van der Waals surface area contributed by atoms with Crippen molar-refractivity contribution in [3.63, 3.8) is 0 Å². The smallest absolute Gasteiger partial charge is 0.264 e. The Bertz CT molecular complexity index is 1220. The van der Waals surface area contributed by atoms with Gasteiger partial charge in [-0.25, -0.2) is 8.42 Å². The summed E-state index contributed by atoms with van der Waals surface area (Å²) in [6.45, 7) is -0.00215. The molecule has 0 aliphatic carbocycles. The summed E-state index contributed by atoms with van der Waals surface area (Å²) in [6, 6.07) is 20.3. The number of hydrogen-bond donors (Lipinski definition) is 1. The number of nitrogens with zero attached hydrogens (tertiary/aromatic N) is 1. The summed E-state index contributed by atoms with van der Waals surface area (Å²) >= 11 is 7.56. The SMILES string of the molecule is COc1ccc(N(CC(=O)NCCSCc2ccc(Cl)cc2)S(=O)(=O)c2ccccc2)c(OC)c1. The first kappa shape index (κ1) is 26.7. The van der Waals surface area contributed by atoms with E-state index in [1.165, 1.54) is 26.4 Å². The van der Waals surface area contributed by atoms with Crippen molar-refractivity contribution in [3.05, 3.63) is 83.4 Å². The van der Waals surface area contributed by atoms with E-state index >= 15 is 0 Å². The van der Waals surface area contributed by atoms with Gasteiger partial charge in [0.25, 0.3) is 10.0 Å². The van der Waals surface area contributed by atoms with Crippen LogP contribution in [0.4, 0.5) is 5.69 Å². The third-order valence-corrected chi connectivity index (χ3v) is 8.08. The van der Waals surface area contributed by atoms with E-state index in [1.54, 1.807) is 48.2 Å². The van der Waals surface area contributed by atoms with Crippen LogP contribution in [0.3, 0.4) is 0 Å². The maximum Gasteiger partial charge on any atom is 0.264 e. The van der Waals surface area contributed by atoms with E-state index in [1.807, 2.05) is 24.3 Å². The summed E-state index contributed by atoms with van der Waals surface area (Å²) < 4.78 is 38.7. The molecule has 1 amide bonds. The van der Waals surface area contributed by atoms with Gasteiger partial charge in [-0.15, -0.1) is 0 Å². The number of ether oxygens (including phenoxy) is 2. The molecule has 0 saturated carbocycles. The summed E-state index contributed by atoms with van der Waals surface area (Å²) in [7, 11) is -1.10. The zero-order valence-corrected chi connectivity index (χ0v) is 21.8. The molecule has 0 radical (unpaired) electrons. The molecule has 1 N–H and O–H groups in total. The number of anilines is 1. The van der Waals surface area contributed by atoms with Gasteiger partial charge in [0.05, 0.1) is 24.8 Å². The van der Waals surface area contributed by atoms with E-state index in [4.69, 9.17) is 21.1 Å². The molecule has 7 nitrogen and oxygen atoms in total. The van der Waals surface area contributed by atoms with Crippen LogP contribution in [0.5, 0.6) is 11.5 Å². The van der Waals surface area contributed by atoms with Gasteiger partial charge in [0, 0.05) is 29.1 Å². The van der Waals surface area contributed by atoms with Crippen LogP contribution in [0.25, 0.3) is 0 Å². The second-order valence-electron chi connectivity index (χ2n) is 7.39. The third-order valence-electron chi connectivity index (χ3n) is 5.02. The highest BCUT2D eigenvalue weighted by molar-refractivity contribution is 7.98. The van der Waals surface area contributed by atoms with Gasteiger partial charge in [0.1, 0.15) is 18.0 Å². The number of nitrogens with one attached hydrogen (secondary N) is 1. The van der Waals surface area contributed by atoms with E-state index < -0.39 is 22.5 Å². The van der Waals surface area contributed by atoms with E-state index in [0.29, 0.717) is 23.1 Å². The summed E-state index contributed by atoms with van der Waals surface area (Å²) in [4.78, 5) is 12.9. The summed E-state index contributed by atoms with van der Waals surface area (Å²) in [5.41, 5.74) is 1.38. The second kappa shape index (κ2) is 12.7. The maximum atomic E-state index is 13.5. The van der Waals surface area contributed by atoms with Crippen molar-refractivity contribution in [2.24, 2.45) is 0 Å². The van der Waals surface area contributed by atoms with Gasteiger partial charge in [-0.05, 0) is 42.0 Å². The van der Waals surface area contributed by atoms with Crippen molar-refractivity contribution in [1.29, 1.82) is 0 Å². The number of benzene rings is 3. The lowest BCUT2D eigenvalue weighted by atomic mass is 10.2. The highest BCUT2D eigenvalue weighted by Crippen LogP contribution is 2.35. The highest BCUT2D eigenvalue weighted by Gasteiger charge is 2.29. The van der Waals surface area contributed by atoms with E-state index in [2.05, 4.69) is 5.32 Å². The van der Waals surface area contributed by atoms with Crippen LogP contribution >= 0.6 is 23.4 Å². The van der Waals surface area contributed by atoms with Crippen LogP contribution in [-0.2, 0) is 20.6 Å². The number of rotatable bonds is 12. The van der Waals surface area contributed by atoms with Crippen LogP contribution < -0.4 is 19.1 Å². The Morgan fingerprint density at radius 1 is 1.00 bits per heavy atom. The van der Waals surface area contributed by atoms with Crippen molar-refractivity contribution in [2.75, 3.05) is 37.4 Å². The Balaban J connectivity index is 1.71. The molecular formula is C25H27ClN2O5S2. The fourth-order valence-corrected chi connectivity index (χ4v) is 5.63. The minimum Gasteiger partial charge on any atom is -0.497 e. The monoisotopic (exact) mass is 534 g/mol. The lowest BCUT2D eigenvalue weighted by molar-refractivity contribution is -0.119. The first-order valence-corrected chi connectivity index (χ1v) is 13.7. The van der Waals surface area contributed by atoms with Crippen LogP contribution in [0.15, 0.2) is 77.7 Å². The van der Waals surface area contributed by atoms with Crippen LogP contribution in [0, 0.1) is 0 Å². The first-order valence-electron chi connectivity index (χ1n) is 10.7. The van der Waals surface area contributed by atoms with E-state index in [0.717, 1.165) is 15.6 Å². The standard InChI is InChI=1S/C25H27ClN2O5S2/c1-32-21-12-13-23(24(16-21)33-2)28(35(30,31)22-6-4-3-5-7-22)17-25(29)27-14-15-34-18-19-8-10-20(26)11-9-19/h3-13,16H,14-15,17-18H2,1-2H3,(H,27,29). The lowest BCUT2D eigenvalue weighted by Crippen LogP contribution is -2.41. The largest absolute Gasteiger partial charge is 0.497 e. The minimum absolute atomic E-state index is 0.0733. The minimum atomic E-state index is -4.04. The van der Waals surface area contributed by atoms with Gasteiger partial charge in [0.15, 0.2) is 0 Å². The molecule has 3 aromatic carbocycles. The quantitative estimate of drug-likeness (QED) is 0.342. The molecule has 10 heteroatoms. The Morgan fingerprint density at radius 3 is 2.37 bits per heavy atom. The van der Waals surface area contributed by atoms with E-state index in [-0.39, 0.29) is 16.3 Å². The number of halogens is 1. The number of hydrogen-bond acceptors (Lipinski definition) is 6. The molecule has 3 rings (SSSR count). The van der Waals surface area contributed by atoms with Crippen molar-refractivity contribution < 1.29 is 22.7 Å². The molecule has 0 aliphatic heterocycles. The van der Waals surface area contributed by atoms with Crippen LogP contribution in [0.1, 0.15) is 5.56 Å². The first-order chi connectivity index (χ1) is 16.8. The molecular weight excluding hydrogens is 508 g/mol. The molecule has 0 fully saturated rings. The number of carbonyl (C=O) groups excluding carboxylic acids is 1. The van der Waals surface area contributed by atoms with Crippen molar-refractivity contribution in [1.82, 2.24) is 5.32 Å². The maximum absolute atomic E-state index is 13.5. The molecule has 0 bridgehead atoms. The number of carbonyl (C=O) groups is 1. The van der Waals surface area contributed by atoms with Crippen LogP contribution in [-0.4, -0.2) is 47.4 Å². The predicted molar refractivity (Wildman–Crippen MR) is 141 cm³/mol. The molecule has 0 saturated heterocycles. The van der Waals surface area contributed by atoms with Gasteiger partial charge >= 0.3 is 0 Å². The van der Waals surface area contributed by atoms with E-state index in [9.17, 15) is 13.2 Å². The van der Waals surface area contributed by atoms with Crippen molar-refractivity contribution in [2.45, 2.75) is 10.6 Å². The zero-order valence-electron chi connectivity index (χ0n) is 19.4. The van der Waals surface area contributed by atoms with Gasteiger partial charge in [-0.3, -0.25) is 9.10 Å². The molecule has 0 aliphatic rings. The Hall–Kier alpha value is -2.88. The van der Waals surface area contributed by atoms with Crippen molar-refractivity contribution in [3.8, 4) is 11.5 Å². The fourth-order valence-electron chi connectivity index (χ4n) is 3.23. The van der Waals surface area contributed by atoms with Gasteiger partial charge in [0.2, 0.25) is 5.91 Å². The van der Waals surface area contributed by atoms with Gasteiger partial charge in [-0.1, -0.05) is 41.9 Å². The molecule has 0 spiro atoms. The van der Waals surface area contributed by atoms with Crippen molar-refractivity contribution >= 4 is 45.0 Å². The fraction of sp³-hybridized carbons (Fsp3) is 0.240. The van der Waals surface area contributed by atoms with Crippen LogP contribution in [0.2, 0.25) is 5.02 Å². The molecule has 0 heterocycles. The molecule has 35 heavy (non-hydrogen) atoms. The second-order valence-corrected chi connectivity index (χ2v) is 10.8. The molecule has 0 atom stereocenters. The summed E-state index contributed by atoms with van der Waals surface area (Å²) in [5.74, 6) is 1.81. The number of methoxy groups -OCH3 is 2. The molecule has 0 unspecified atom stereocenters.